The van der Waals surface area contributed by atoms with E-state index in [0.29, 0.717) is 11.2 Å². The van der Waals surface area contributed by atoms with Crippen LogP contribution in [0.5, 0.6) is 5.75 Å². The lowest BCUT2D eigenvalue weighted by molar-refractivity contribution is 0.0944. The van der Waals surface area contributed by atoms with Crippen molar-refractivity contribution in [1.82, 2.24) is 15.3 Å². The number of nitrogens with one attached hydrogen (secondary N) is 1. The third-order valence-corrected chi connectivity index (χ3v) is 4.26. The molecular weight excluding hydrogens is 348 g/mol. The lowest BCUT2D eigenvalue weighted by atomic mass is 10.2. The van der Waals surface area contributed by atoms with E-state index in [1.807, 2.05) is 0 Å². The largest absolute Gasteiger partial charge is 0.496 e. The number of methoxy groups -OCH3 is 1. The highest BCUT2D eigenvalue weighted by atomic mass is 32.2. The average Bonchev–Trinajstić information content (AvgIpc) is 3.01. The van der Waals surface area contributed by atoms with E-state index >= 15 is 0 Å². The van der Waals surface area contributed by atoms with Crippen LogP contribution in [0.25, 0.3) is 11.2 Å². The van der Waals surface area contributed by atoms with Crippen LogP contribution in [-0.4, -0.2) is 31.4 Å². The molecule has 0 atom stereocenters. The van der Waals surface area contributed by atoms with Crippen molar-refractivity contribution in [2.24, 2.45) is 5.14 Å². The van der Waals surface area contributed by atoms with Gasteiger partial charge in [0.05, 0.1) is 24.1 Å². The molecule has 0 radical (unpaired) electrons. The molecule has 0 bridgehead atoms. The zero-order valence-corrected chi connectivity index (χ0v) is 13.9. The second-order valence-electron chi connectivity index (χ2n) is 5.02. The lowest BCUT2D eigenvalue weighted by Crippen LogP contribution is -2.24. The van der Waals surface area contributed by atoms with Gasteiger partial charge in [0.25, 0.3) is 5.91 Å². The van der Waals surface area contributed by atoms with E-state index in [-0.39, 0.29) is 28.6 Å². The number of amides is 1. The first-order valence-electron chi connectivity index (χ1n) is 7.08. The van der Waals surface area contributed by atoms with E-state index in [9.17, 15) is 13.2 Å². The highest BCUT2D eigenvalue weighted by molar-refractivity contribution is 7.89. The van der Waals surface area contributed by atoms with Crippen molar-refractivity contribution < 1.29 is 22.4 Å². The predicted octanol–water partition coefficient (Wildman–Crippen LogP) is 0.809. The van der Waals surface area contributed by atoms with Crippen molar-refractivity contribution in [3.63, 3.8) is 0 Å². The molecular formula is C15H14N4O5S. The topological polar surface area (TPSA) is 137 Å². The minimum atomic E-state index is -3.94. The molecule has 0 unspecified atom stereocenters. The van der Waals surface area contributed by atoms with Gasteiger partial charge in [0.15, 0.2) is 11.2 Å². The molecule has 2 heterocycles. The molecule has 3 aromatic rings. The molecule has 0 aliphatic heterocycles. The molecule has 1 aromatic carbocycles. The van der Waals surface area contributed by atoms with Crippen LogP contribution in [0.1, 0.15) is 16.2 Å². The van der Waals surface area contributed by atoms with E-state index < -0.39 is 15.9 Å². The Kier molecular flexibility index (Phi) is 4.38. The van der Waals surface area contributed by atoms with Crippen molar-refractivity contribution in [3.8, 4) is 5.75 Å². The van der Waals surface area contributed by atoms with Crippen LogP contribution in [0.2, 0.25) is 0 Å². The van der Waals surface area contributed by atoms with E-state index in [2.05, 4.69) is 15.3 Å². The van der Waals surface area contributed by atoms with Gasteiger partial charge < -0.3 is 14.5 Å². The van der Waals surface area contributed by atoms with E-state index in [1.54, 1.807) is 18.3 Å². The van der Waals surface area contributed by atoms with Gasteiger partial charge in [-0.3, -0.25) is 4.79 Å². The van der Waals surface area contributed by atoms with E-state index in [1.165, 1.54) is 19.2 Å². The summed E-state index contributed by atoms with van der Waals surface area (Å²) in [6, 6.07) is 7.19. The summed E-state index contributed by atoms with van der Waals surface area (Å²) in [5.74, 6) is -0.0784. The fourth-order valence-electron chi connectivity index (χ4n) is 2.18. The van der Waals surface area contributed by atoms with Gasteiger partial charge in [-0.15, -0.1) is 0 Å². The Morgan fingerprint density at radius 3 is 2.84 bits per heavy atom. The second-order valence-corrected chi connectivity index (χ2v) is 6.58. The van der Waals surface area contributed by atoms with Crippen LogP contribution in [-0.2, 0) is 16.6 Å². The number of nitrogens with zero attached hydrogens (tertiary/aromatic N) is 2. The predicted molar refractivity (Wildman–Crippen MR) is 87.3 cm³/mol. The summed E-state index contributed by atoms with van der Waals surface area (Å²) < 4.78 is 33.5. The van der Waals surface area contributed by atoms with Crippen molar-refractivity contribution >= 4 is 27.2 Å². The van der Waals surface area contributed by atoms with Gasteiger partial charge in [-0.1, -0.05) is 0 Å². The van der Waals surface area contributed by atoms with Gasteiger partial charge >= 0.3 is 0 Å². The second kappa shape index (κ2) is 6.49. The molecule has 0 saturated heterocycles. The highest BCUT2D eigenvalue weighted by Gasteiger charge is 2.18. The number of hydrogen-bond acceptors (Lipinski definition) is 7. The maximum Gasteiger partial charge on any atom is 0.255 e. The summed E-state index contributed by atoms with van der Waals surface area (Å²) in [5, 5.41) is 7.68. The number of hydrogen-bond donors (Lipinski definition) is 2. The van der Waals surface area contributed by atoms with Gasteiger partial charge in [0, 0.05) is 6.20 Å². The first kappa shape index (κ1) is 16.9. The molecule has 10 heteroatoms. The molecule has 130 valence electrons. The van der Waals surface area contributed by atoms with Crippen molar-refractivity contribution in [1.29, 1.82) is 0 Å². The molecule has 0 spiro atoms. The number of primary sulfonamides is 1. The number of benzene rings is 1. The molecule has 25 heavy (non-hydrogen) atoms. The molecule has 0 aliphatic carbocycles. The number of fused-ring (bicyclic) bond motifs is 1. The maximum absolute atomic E-state index is 12.4. The molecule has 9 nitrogen and oxygen atoms in total. The minimum Gasteiger partial charge on any atom is -0.496 e. The standard InChI is InChI=1S/C15H14N4O5S/c1-23-11-5-4-9(25(16,21)22)7-10(11)15(20)18-8-13-19-14-12(24-13)3-2-6-17-14/h2-7H,8H2,1H3,(H,18,20)(H2,16,21,22). The van der Waals surface area contributed by atoms with Crippen LogP contribution in [0.15, 0.2) is 45.8 Å². The fraction of sp³-hybridized carbons (Fsp3) is 0.133. The Labute approximate surface area is 142 Å². The molecule has 1 amide bonds. The monoisotopic (exact) mass is 362 g/mol. The Bertz CT molecular complexity index is 1010. The van der Waals surface area contributed by atoms with E-state index in [0.717, 1.165) is 6.07 Å². The summed E-state index contributed by atoms with van der Waals surface area (Å²) in [5.41, 5.74) is 0.962. The maximum atomic E-state index is 12.4. The smallest absolute Gasteiger partial charge is 0.255 e. The van der Waals surface area contributed by atoms with Crippen molar-refractivity contribution in [2.45, 2.75) is 11.4 Å². The number of ether oxygens (including phenoxy) is 1. The number of nitrogens with two attached hydrogens (primary N) is 1. The number of sulfonamides is 1. The Morgan fingerprint density at radius 1 is 1.36 bits per heavy atom. The zero-order chi connectivity index (χ0) is 18.0. The van der Waals surface area contributed by atoms with Gasteiger partial charge in [-0.05, 0) is 30.3 Å². The number of carbonyl (C=O) groups is 1. The van der Waals surface area contributed by atoms with Gasteiger partial charge in [0.1, 0.15) is 5.75 Å². The van der Waals surface area contributed by atoms with Crippen molar-refractivity contribution in [3.05, 3.63) is 48.0 Å². The van der Waals surface area contributed by atoms with Crippen LogP contribution in [0, 0.1) is 0 Å². The number of aromatic nitrogens is 2. The molecule has 0 fully saturated rings. The molecule has 2 aromatic heterocycles. The minimum absolute atomic E-state index is 0.00203. The quantitative estimate of drug-likeness (QED) is 0.685. The van der Waals surface area contributed by atoms with Crippen LogP contribution in [0.3, 0.4) is 0 Å². The summed E-state index contributed by atoms with van der Waals surface area (Å²) in [6.45, 7) is -0.00203. The van der Waals surface area contributed by atoms with E-state index in [4.69, 9.17) is 14.3 Å². The number of rotatable bonds is 5. The summed E-state index contributed by atoms with van der Waals surface area (Å²) in [4.78, 5) is 20.4. The summed E-state index contributed by atoms with van der Waals surface area (Å²) in [7, 11) is -2.57. The van der Waals surface area contributed by atoms with Gasteiger partial charge in [0.2, 0.25) is 15.9 Å². The molecule has 3 N–H and O–H groups in total. The number of oxazole rings is 1. The van der Waals surface area contributed by atoms with Gasteiger partial charge in [-0.2, -0.15) is 4.98 Å². The molecule has 0 aliphatic rings. The van der Waals surface area contributed by atoms with Crippen molar-refractivity contribution in [2.75, 3.05) is 7.11 Å². The third-order valence-electron chi connectivity index (χ3n) is 3.35. The first-order valence-corrected chi connectivity index (χ1v) is 8.62. The van der Waals surface area contributed by atoms with Gasteiger partial charge in [-0.25, -0.2) is 18.5 Å². The molecule has 3 rings (SSSR count). The van der Waals surface area contributed by atoms with Crippen LogP contribution >= 0.6 is 0 Å². The first-order chi connectivity index (χ1) is 11.9. The van der Waals surface area contributed by atoms with Crippen LogP contribution in [0.4, 0.5) is 0 Å². The average molecular weight is 362 g/mol. The highest BCUT2D eigenvalue weighted by Crippen LogP contribution is 2.22. The summed E-state index contributed by atoms with van der Waals surface area (Å²) >= 11 is 0. The lowest BCUT2D eigenvalue weighted by Gasteiger charge is -2.09. The molecule has 0 saturated carbocycles. The zero-order valence-electron chi connectivity index (χ0n) is 13.1. The number of pyridine rings is 1. The fourth-order valence-corrected chi connectivity index (χ4v) is 2.72. The Hall–Kier alpha value is -2.98. The normalized spacial score (nSPS) is 11.4. The third kappa shape index (κ3) is 3.59. The number of carbonyl (C=O) groups excluding carboxylic acids is 1. The SMILES string of the molecule is COc1ccc(S(N)(=O)=O)cc1C(=O)NCc1nc2ncccc2o1. The Balaban J connectivity index is 1.82. The Morgan fingerprint density at radius 2 is 2.16 bits per heavy atom. The van der Waals surface area contributed by atoms with Crippen LogP contribution < -0.4 is 15.2 Å². The summed E-state index contributed by atoms with van der Waals surface area (Å²) in [6.07, 6.45) is 1.58.